The molecule has 0 saturated carbocycles. The number of esters is 2. The third kappa shape index (κ3) is 12.9. The number of aromatic amines is 1. The average Bonchev–Trinajstić information content (AvgIpc) is 1.59. The Labute approximate surface area is 565 Å². The van der Waals surface area contributed by atoms with E-state index in [0.717, 1.165) is 15.4 Å². The molecular formula is C70H65Cl3N8O15. The van der Waals surface area contributed by atoms with Crippen molar-refractivity contribution in [1.29, 1.82) is 0 Å². The summed E-state index contributed by atoms with van der Waals surface area (Å²) in [4.78, 5) is 98.9. The number of hydrogen-bond donors (Lipinski definition) is 6. The lowest BCUT2D eigenvalue weighted by Crippen LogP contribution is -2.48. The molecule has 496 valence electrons. The summed E-state index contributed by atoms with van der Waals surface area (Å²) >= 11 is 18.5. The summed E-state index contributed by atoms with van der Waals surface area (Å²) in [6.07, 6.45) is -5.05. The number of aromatic nitrogens is 6. The molecule has 96 heavy (non-hydrogen) atoms. The SMILES string of the molecule is C.C.C.C[C@@]1(O)[C@@H]([C@H](OC(=O)c2ccccc2)c2ccc(Cl)c(Cl)c2)OC(O)[C@@H]1O.Cc1ccc([C@@H](OC(=O)c2ccccc2)[C@H]2O[C@@H](n3ccc4c(N5C(=O)c6ccccc6C5=O)ncnc43)[C@H](O)[C@]2(C)O)cc1Cl.O=C1c2ccccc2C(=O)N1c1ncnc2[nH]ccc12. The van der Waals surface area contributed by atoms with Crippen LogP contribution in [0.15, 0.2) is 183 Å². The number of nitrogens with zero attached hydrogens (tertiary/aromatic N) is 7. The Hall–Kier alpha value is -9.63. The van der Waals surface area contributed by atoms with E-state index in [1.807, 2.05) is 6.92 Å². The summed E-state index contributed by atoms with van der Waals surface area (Å²) in [6, 6.07) is 42.9. The highest BCUT2D eigenvalue weighted by molar-refractivity contribution is 6.42. The topological polar surface area (TPSA) is 319 Å². The highest BCUT2D eigenvalue weighted by Gasteiger charge is 2.58. The average molecular weight is 1360 g/mol. The predicted octanol–water partition coefficient (Wildman–Crippen LogP) is 11.2. The number of imide groups is 2. The quantitative estimate of drug-likeness (QED) is 0.0518. The van der Waals surface area contributed by atoms with Gasteiger partial charge in [0.15, 0.2) is 36.4 Å². The first-order valence-corrected chi connectivity index (χ1v) is 29.8. The van der Waals surface area contributed by atoms with E-state index in [2.05, 4.69) is 24.9 Å². The van der Waals surface area contributed by atoms with Crippen LogP contribution in [0, 0.1) is 6.92 Å². The number of ether oxygens (including phenoxy) is 4. The van der Waals surface area contributed by atoms with Crippen LogP contribution in [0.2, 0.25) is 15.1 Å². The van der Waals surface area contributed by atoms with E-state index in [-0.39, 0.29) is 67.3 Å². The van der Waals surface area contributed by atoms with Crippen LogP contribution in [0.1, 0.15) is 133 Å². The van der Waals surface area contributed by atoms with Crippen LogP contribution in [0.5, 0.6) is 0 Å². The van der Waals surface area contributed by atoms with Crippen molar-refractivity contribution >= 4 is 104 Å². The molecule has 6 aromatic carbocycles. The van der Waals surface area contributed by atoms with Gasteiger partial charge in [-0.15, -0.1) is 0 Å². The maximum atomic E-state index is 13.3. The number of aliphatic hydroxyl groups is 5. The number of H-pyrrole nitrogens is 1. The number of aryl methyl sites for hydroxylation is 1. The number of nitrogens with one attached hydrogen (secondary N) is 1. The molecule has 0 bridgehead atoms. The van der Waals surface area contributed by atoms with Gasteiger partial charge in [-0.05, 0) is 116 Å². The van der Waals surface area contributed by atoms with Crippen molar-refractivity contribution in [2.24, 2.45) is 0 Å². The number of fused-ring (bicyclic) bond motifs is 4. The Morgan fingerprint density at radius 3 is 1.47 bits per heavy atom. The van der Waals surface area contributed by atoms with E-state index in [0.29, 0.717) is 60.1 Å². The van der Waals surface area contributed by atoms with Crippen molar-refractivity contribution in [3.63, 3.8) is 0 Å². The number of aliphatic hydroxyl groups excluding tert-OH is 3. The molecule has 10 atom stereocenters. The molecule has 2 fully saturated rings. The van der Waals surface area contributed by atoms with E-state index in [1.54, 1.807) is 158 Å². The molecule has 4 amide bonds. The lowest BCUT2D eigenvalue weighted by Gasteiger charge is -2.32. The number of amides is 4. The maximum Gasteiger partial charge on any atom is 0.338 e. The van der Waals surface area contributed by atoms with E-state index < -0.39 is 84.1 Å². The van der Waals surface area contributed by atoms with Crippen LogP contribution < -0.4 is 9.80 Å². The van der Waals surface area contributed by atoms with Gasteiger partial charge in [0.05, 0.1) is 54.2 Å². The minimum absolute atomic E-state index is 0. The molecule has 26 heteroatoms. The van der Waals surface area contributed by atoms with Crippen molar-refractivity contribution in [3.8, 4) is 0 Å². The van der Waals surface area contributed by atoms with Crippen molar-refractivity contribution in [3.05, 3.63) is 248 Å². The van der Waals surface area contributed by atoms with E-state index in [1.165, 1.54) is 43.2 Å². The van der Waals surface area contributed by atoms with Gasteiger partial charge in [-0.3, -0.25) is 19.2 Å². The zero-order chi connectivity index (χ0) is 65.8. The number of carbonyl (C=O) groups is 6. The van der Waals surface area contributed by atoms with E-state index >= 15 is 0 Å². The van der Waals surface area contributed by atoms with Gasteiger partial charge >= 0.3 is 11.9 Å². The molecule has 1 unspecified atom stereocenters. The number of anilines is 2. The number of rotatable bonds is 11. The predicted molar refractivity (Wildman–Crippen MR) is 357 cm³/mol. The Bertz CT molecular complexity index is 4520. The lowest BCUT2D eigenvalue weighted by atomic mass is 9.88. The number of hydrogen-bond acceptors (Lipinski definition) is 19. The largest absolute Gasteiger partial charge is 0.451 e. The monoisotopic (exact) mass is 1360 g/mol. The standard InChI is InChI=1S/C34H27ClN4O7.C19H18Cl2O6.C14H8N4O2.3CH4/c1-18-12-13-20(16-24(18)35)25(45-33(43)19-8-4-3-5-9-19)27-34(2,44)26(40)32(46-27)38-15-14-23-28(38)36-17-37-29(23)39-30(41)21-10-6-7-11-22(21)31(39)42;1-19(25)15(22)18(24)27-16(19)14(11-7-8-12(20)13(21)9-11)26-17(23)10-5-3-2-4-6-10;19-13-8-3-1-2-4-9(8)14(20)18(13)12-10-5-6-15-11(10)16-7-17-12;;;/h3-17,25-27,32,40,44H,1-2H3;2-9,14-16,18,22,24-25H,1H3;1-7H,(H,15,16,17);3*1H4/t25-,26+,27-,32-,34+;14-,15+,16-,18?,19+;;;;/m11..../s1. The minimum atomic E-state index is -1.95. The van der Waals surface area contributed by atoms with Gasteiger partial charge in [-0.1, -0.05) is 136 Å². The molecule has 0 radical (unpaired) electrons. The molecule has 4 aliphatic heterocycles. The van der Waals surface area contributed by atoms with E-state index in [9.17, 15) is 54.3 Å². The number of benzene rings is 6. The summed E-state index contributed by atoms with van der Waals surface area (Å²) in [5.74, 6) is -2.70. The smallest absolute Gasteiger partial charge is 0.338 e. The molecule has 4 aliphatic rings. The Morgan fingerprint density at radius 2 is 0.990 bits per heavy atom. The third-order valence-corrected chi connectivity index (χ3v) is 17.5. The van der Waals surface area contributed by atoms with Crippen LogP contribution in [-0.2, 0) is 18.9 Å². The lowest BCUT2D eigenvalue weighted by molar-refractivity contribution is -0.150. The van der Waals surface area contributed by atoms with Gasteiger partial charge in [-0.25, -0.2) is 39.3 Å². The normalized spacial score (nSPS) is 22.1. The van der Waals surface area contributed by atoms with Crippen LogP contribution in [0.3, 0.4) is 0 Å². The van der Waals surface area contributed by atoms with Crippen molar-refractivity contribution in [1.82, 2.24) is 29.5 Å². The Balaban J connectivity index is 0.000000183. The molecule has 8 heterocycles. The summed E-state index contributed by atoms with van der Waals surface area (Å²) in [6.45, 7) is 4.51. The van der Waals surface area contributed by atoms with Gasteiger partial charge < -0.3 is 54.0 Å². The Kier molecular flexibility index (Phi) is 20.9. The minimum Gasteiger partial charge on any atom is -0.451 e. The summed E-state index contributed by atoms with van der Waals surface area (Å²) in [5, 5.41) is 55.7. The molecule has 10 aromatic rings. The summed E-state index contributed by atoms with van der Waals surface area (Å²) in [7, 11) is 0. The second kappa shape index (κ2) is 28.4. The van der Waals surface area contributed by atoms with Gasteiger partial charge in [0, 0.05) is 17.4 Å². The number of halogens is 3. The maximum absolute atomic E-state index is 13.3. The van der Waals surface area contributed by atoms with Gasteiger partial charge in [-0.2, -0.15) is 0 Å². The van der Waals surface area contributed by atoms with Crippen LogP contribution >= 0.6 is 34.8 Å². The zero-order valence-corrected chi connectivity index (χ0v) is 51.3. The molecule has 23 nitrogen and oxygen atoms in total. The third-order valence-electron chi connectivity index (χ3n) is 16.4. The highest BCUT2D eigenvalue weighted by atomic mass is 35.5. The van der Waals surface area contributed by atoms with Crippen LogP contribution in [0.25, 0.3) is 22.1 Å². The molecule has 6 N–H and O–H groups in total. The fourth-order valence-corrected chi connectivity index (χ4v) is 11.8. The molecular weight excluding hydrogens is 1300 g/mol. The first kappa shape index (κ1) is 70.7. The summed E-state index contributed by atoms with van der Waals surface area (Å²) < 4.78 is 24.7. The molecule has 4 aromatic heterocycles. The molecule has 0 aliphatic carbocycles. The number of carbonyl (C=O) groups excluding carboxylic acids is 6. The van der Waals surface area contributed by atoms with Crippen LogP contribution in [-0.4, -0.2) is 132 Å². The second-order valence-electron chi connectivity index (χ2n) is 22.4. The van der Waals surface area contributed by atoms with Crippen LogP contribution in [0.4, 0.5) is 11.6 Å². The van der Waals surface area contributed by atoms with E-state index in [4.69, 9.17) is 53.8 Å². The van der Waals surface area contributed by atoms with Crippen molar-refractivity contribution in [2.45, 2.75) is 103 Å². The first-order chi connectivity index (χ1) is 44.6. The fourth-order valence-electron chi connectivity index (χ4n) is 11.4. The Morgan fingerprint density at radius 1 is 0.542 bits per heavy atom. The zero-order valence-electron chi connectivity index (χ0n) is 49.0. The van der Waals surface area contributed by atoms with Gasteiger partial charge in [0.25, 0.3) is 23.6 Å². The fraction of sp³-hybridized carbons (Fsp3) is 0.229. The molecule has 2 saturated heterocycles. The summed E-state index contributed by atoms with van der Waals surface area (Å²) in [5.41, 5.74) is 0.541. The van der Waals surface area contributed by atoms with Crippen molar-refractivity contribution in [2.75, 3.05) is 9.80 Å². The molecule has 14 rings (SSSR count). The van der Waals surface area contributed by atoms with Gasteiger partial charge in [0.1, 0.15) is 59.6 Å². The van der Waals surface area contributed by atoms with Gasteiger partial charge in [0.2, 0.25) is 0 Å². The molecule has 0 spiro atoms. The first-order valence-electron chi connectivity index (χ1n) is 28.6. The highest BCUT2D eigenvalue weighted by Crippen LogP contribution is 2.47. The van der Waals surface area contributed by atoms with Crippen molar-refractivity contribution < 1.29 is 73.2 Å². The second-order valence-corrected chi connectivity index (χ2v) is 23.6.